The Labute approximate surface area is 116 Å². The van der Waals surface area contributed by atoms with Crippen LogP contribution in [0.25, 0.3) is 0 Å². The van der Waals surface area contributed by atoms with Gasteiger partial charge in [0.1, 0.15) is 0 Å². The molecule has 2 rings (SSSR count). The molecule has 1 aliphatic carbocycles. The van der Waals surface area contributed by atoms with Crippen molar-refractivity contribution in [3.63, 3.8) is 0 Å². The highest BCUT2D eigenvalue weighted by Gasteiger charge is 2.31. The van der Waals surface area contributed by atoms with Crippen LogP contribution >= 0.6 is 0 Å². The molecule has 19 heavy (non-hydrogen) atoms. The Kier molecular flexibility index (Phi) is 5.63. The number of ether oxygens (including phenoxy) is 1. The Bertz CT molecular complexity index is 274. The van der Waals surface area contributed by atoms with Crippen LogP contribution in [0, 0.1) is 5.92 Å². The van der Waals surface area contributed by atoms with Crippen molar-refractivity contribution in [2.24, 2.45) is 5.92 Å². The molecule has 4 nitrogen and oxygen atoms in total. The molecular weight excluding hydrogens is 242 g/mol. The highest BCUT2D eigenvalue weighted by Crippen LogP contribution is 2.30. The second-order valence-corrected chi connectivity index (χ2v) is 6.55. The molecule has 112 valence electrons. The molecule has 1 aliphatic heterocycles. The van der Waals surface area contributed by atoms with Gasteiger partial charge < -0.3 is 20.3 Å². The number of quaternary nitrogens is 1. The molecule has 4 heteroatoms. The number of aliphatic hydroxyl groups excluding tert-OH is 1. The molecule has 0 aromatic heterocycles. The summed E-state index contributed by atoms with van der Waals surface area (Å²) in [6.45, 7) is 2.21. The monoisotopic (exact) mass is 271 g/mol. The van der Waals surface area contributed by atoms with Gasteiger partial charge in [0.25, 0.3) is 0 Å². The van der Waals surface area contributed by atoms with E-state index in [0.717, 1.165) is 44.9 Å². The van der Waals surface area contributed by atoms with Gasteiger partial charge in [-0.2, -0.15) is 0 Å². The van der Waals surface area contributed by atoms with Crippen molar-refractivity contribution in [3.05, 3.63) is 0 Å². The first-order valence-corrected chi connectivity index (χ1v) is 7.81. The van der Waals surface area contributed by atoms with E-state index >= 15 is 0 Å². The van der Waals surface area contributed by atoms with E-state index in [2.05, 4.69) is 12.2 Å². The summed E-state index contributed by atoms with van der Waals surface area (Å²) in [5.41, 5.74) is 0. The second kappa shape index (κ2) is 7.02. The van der Waals surface area contributed by atoms with Gasteiger partial charge in [0, 0.05) is 7.11 Å². The predicted octanol–water partition coefficient (Wildman–Crippen LogP) is -0.214. The largest absolute Gasteiger partial charge is 0.848 e. The Balaban J connectivity index is 1.73. The summed E-state index contributed by atoms with van der Waals surface area (Å²) in [7, 11) is 1.68. The van der Waals surface area contributed by atoms with Gasteiger partial charge in [0.2, 0.25) is 0 Å². The van der Waals surface area contributed by atoms with Crippen LogP contribution in [0.2, 0.25) is 0 Å². The molecule has 1 heterocycles. The number of piperidine rings is 1. The van der Waals surface area contributed by atoms with Gasteiger partial charge in [-0.25, -0.2) is 0 Å². The molecule has 0 aromatic carbocycles. The van der Waals surface area contributed by atoms with E-state index in [-0.39, 0.29) is 18.2 Å². The van der Waals surface area contributed by atoms with Gasteiger partial charge in [0.15, 0.2) is 0 Å². The molecule has 2 fully saturated rings. The summed E-state index contributed by atoms with van der Waals surface area (Å²) < 4.78 is 5.27. The zero-order valence-electron chi connectivity index (χ0n) is 12.3. The topological polar surface area (TPSA) is 69.1 Å². The summed E-state index contributed by atoms with van der Waals surface area (Å²) in [5.74, 6) is 0.569. The van der Waals surface area contributed by atoms with Crippen molar-refractivity contribution in [2.45, 2.75) is 82.3 Å². The van der Waals surface area contributed by atoms with Crippen molar-refractivity contribution < 1.29 is 20.3 Å². The van der Waals surface area contributed by atoms with Gasteiger partial charge >= 0.3 is 0 Å². The van der Waals surface area contributed by atoms with Crippen LogP contribution in [0.3, 0.4) is 0 Å². The Hall–Kier alpha value is -0.160. The normalized spacial score (nSPS) is 44.2. The molecule has 0 bridgehead atoms. The Morgan fingerprint density at radius 1 is 1.21 bits per heavy atom. The summed E-state index contributed by atoms with van der Waals surface area (Å²) in [6, 6.07) is 0.853. The average molecular weight is 271 g/mol. The number of nitrogens with two attached hydrogens (primary N) is 1. The van der Waals surface area contributed by atoms with E-state index < -0.39 is 6.10 Å². The Morgan fingerprint density at radius 2 is 2.00 bits per heavy atom. The SMILES string of the molecule is COC1CCC(CCC2[NH2+]C(C)CCC2[O-])CC1O. The quantitative estimate of drug-likeness (QED) is 0.743. The molecule has 6 atom stereocenters. The molecule has 0 radical (unpaired) electrons. The van der Waals surface area contributed by atoms with E-state index in [1.54, 1.807) is 7.11 Å². The van der Waals surface area contributed by atoms with E-state index in [0.29, 0.717) is 12.0 Å². The van der Waals surface area contributed by atoms with Gasteiger partial charge in [0.05, 0.1) is 24.3 Å². The molecule has 0 amide bonds. The third kappa shape index (κ3) is 4.15. The van der Waals surface area contributed by atoms with Crippen LogP contribution in [-0.4, -0.2) is 42.6 Å². The van der Waals surface area contributed by atoms with E-state index in [1.807, 2.05) is 0 Å². The van der Waals surface area contributed by atoms with Gasteiger partial charge in [-0.1, -0.05) is 12.5 Å². The summed E-state index contributed by atoms with van der Waals surface area (Å²) in [5, 5.41) is 24.2. The van der Waals surface area contributed by atoms with Crippen molar-refractivity contribution in [3.8, 4) is 0 Å². The molecule has 0 spiro atoms. The first-order valence-electron chi connectivity index (χ1n) is 7.81. The first kappa shape index (κ1) is 15.2. The second-order valence-electron chi connectivity index (χ2n) is 6.55. The maximum absolute atomic E-state index is 12.0. The predicted molar refractivity (Wildman–Crippen MR) is 71.6 cm³/mol. The van der Waals surface area contributed by atoms with Crippen LogP contribution < -0.4 is 10.4 Å². The lowest BCUT2D eigenvalue weighted by Gasteiger charge is -2.38. The Morgan fingerprint density at radius 3 is 2.68 bits per heavy atom. The molecule has 6 unspecified atom stereocenters. The number of hydrogen-bond donors (Lipinski definition) is 2. The lowest BCUT2D eigenvalue weighted by Crippen LogP contribution is -2.99. The molecular formula is C15H29NO3. The maximum Gasteiger partial charge on any atom is 0.0831 e. The summed E-state index contributed by atoms with van der Waals surface area (Å²) >= 11 is 0. The minimum absolute atomic E-state index is 0.0183. The average Bonchev–Trinajstić information content (AvgIpc) is 2.40. The van der Waals surface area contributed by atoms with Crippen molar-refractivity contribution in [2.75, 3.05) is 7.11 Å². The third-order valence-electron chi connectivity index (χ3n) is 5.03. The number of aliphatic hydroxyl groups is 1. The highest BCUT2D eigenvalue weighted by atomic mass is 16.5. The van der Waals surface area contributed by atoms with Crippen LogP contribution in [0.5, 0.6) is 0 Å². The third-order valence-corrected chi connectivity index (χ3v) is 5.03. The van der Waals surface area contributed by atoms with Crippen LogP contribution in [0.15, 0.2) is 0 Å². The molecule has 1 saturated heterocycles. The minimum atomic E-state index is -0.392. The number of rotatable bonds is 4. The van der Waals surface area contributed by atoms with E-state index in [1.165, 1.54) is 0 Å². The number of hydrogen-bond acceptors (Lipinski definition) is 3. The molecule has 2 aliphatic rings. The summed E-state index contributed by atoms with van der Waals surface area (Å²) in [6.07, 6.45) is 6.21. The van der Waals surface area contributed by atoms with Gasteiger partial charge in [-0.15, -0.1) is 0 Å². The van der Waals surface area contributed by atoms with Crippen molar-refractivity contribution in [1.29, 1.82) is 0 Å². The molecule has 0 aromatic rings. The van der Waals surface area contributed by atoms with Crippen molar-refractivity contribution in [1.82, 2.24) is 0 Å². The first-order chi connectivity index (χ1) is 9.10. The fraction of sp³-hybridized carbons (Fsp3) is 1.00. The minimum Gasteiger partial charge on any atom is -0.848 e. The highest BCUT2D eigenvalue weighted by molar-refractivity contribution is 4.81. The smallest absolute Gasteiger partial charge is 0.0831 e. The summed E-state index contributed by atoms with van der Waals surface area (Å²) in [4.78, 5) is 0. The van der Waals surface area contributed by atoms with Crippen LogP contribution in [-0.2, 0) is 4.74 Å². The van der Waals surface area contributed by atoms with Gasteiger partial charge in [-0.05, 0) is 51.4 Å². The molecule has 3 N–H and O–H groups in total. The van der Waals surface area contributed by atoms with Crippen LogP contribution in [0.4, 0.5) is 0 Å². The fourth-order valence-electron chi connectivity index (χ4n) is 3.73. The van der Waals surface area contributed by atoms with E-state index in [4.69, 9.17) is 4.74 Å². The molecule has 1 saturated carbocycles. The number of methoxy groups -OCH3 is 1. The van der Waals surface area contributed by atoms with Crippen molar-refractivity contribution >= 4 is 0 Å². The van der Waals surface area contributed by atoms with Gasteiger partial charge in [-0.3, -0.25) is 0 Å². The zero-order valence-corrected chi connectivity index (χ0v) is 12.3. The maximum atomic E-state index is 12.0. The van der Waals surface area contributed by atoms with Crippen LogP contribution in [0.1, 0.15) is 51.9 Å². The standard InChI is InChI=1S/C15H28NO3/c1-10-3-7-13(17)12(16-10)6-4-11-5-8-15(19-2)14(18)9-11/h10-16,18H,3-9H2,1-2H3/q-1/p+1. The zero-order chi connectivity index (χ0) is 13.8. The fourth-order valence-corrected chi connectivity index (χ4v) is 3.73. The van der Waals surface area contributed by atoms with E-state index in [9.17, 15) is 10.2 Å². The lowest BCUT2D eigenvalue weighted by atomic mass is 9.81. The lowest BCUT2D eigenvalue weighted by molar-refractivity contribution is -0.754.